The van der Waals surface area contributed by atoms with E-state index in [-0.39, 0.29) is 0 Å². The molecule has 1 fully saturated rings. The van der Waals surface area contributed by atoms with Crippen LogP contribution in [-0.4, -0.2) is 26.4 Å². The smallest absolute Gasteiger partial charge is 0.122 e. The summed E-state index contributed by atoms with van der Waals surface area (Å²) < 4.78 is 11.5. The van der Waals surface area contributed by atoms with Crippen molar-refractivity contribution in [2.75, 3.05) is 26.4 Å². The largest absolute Gasteiger partial charge is 0.493 e. The lowest BCUT2D eigenvalue weighted by Crippen LogP contribution is -2.07. The van der Waals surface area contributed by atoms with Gasteiger partial charge < -0.3 is 15.2 Å². The first kappa shape index (κ1) is 15.3. The van der Waals surface area contributed by atoms with Crippen LogP contribution in [-0.2, 0) is 17.6 Å². The van der Waals surface area contributed by atoms with Crippen molar-refractivity contribution in [3.8, 4) is 5.75 Å². The maximum Gasteiger partial charge on any atom is 0.122 e. The lowest BCUT2D eigenvalue weighted by molar-refractivity contribution is 0.127. The third-order valence-corrected chi connectivity index (χ3v) is 3.59. The van der Waals surface area contributed by atoms with Gasteiger partial charge in [0.1, 0.15) is 5.75 Å². The van der Waals surface area contributed by atoms with E-state index in [0.717, 1.165) is 50.8 Å². The van der Waals surface area contributed by atoms with Crippen molar-refractivity contribution in [3.05, 3.63) is 29.3 Å². The fourth-order valence-electron chi connectivity index (χ4n) is 2.22. The van der Waals surface area contributed by atoms with Gasteiger partial charge >= 0.3 is 0 Å². The summed E-state index contributed by atoms with van der Waals surface area (Å²) in [4.78, 5) is 0. The Morgan fingerprint density at radius 1 is 1.20 bits per heavy atom. The van der Waals surface area contributed by atoms with Crippen LogP contribution in [0.15, 0.2) is 18.2 Å². The predicted molar refractivity (Wildman–Crippen MR) is 82.2 cm³/mol. The predicted octanol–water partition coefficient (Wildman–Crippen LogP) is 2.95. The average Bonchev–Trinajstić information content (AvgIpc) is 3.27. The average molecular weight is 277 g/mol. The first-order valence-corrected chi connectivity index (χ1v) is 7.86. The summed E-state index contributed by atoms with van der Waals surface area (Å²) in [5, 5.41) is 0. The summed E-state index contributed by atoms with van der Waals surface area (Å²) in [6.07, 6.45) is 5.57. The summed E-state index contributed by atoms with van der Waals surface area (Å²) in [6, 6.07) is 6.45. The summed E-state index contributed by atoms with van der Waals surface area (Å²) >= 11 is 0. The molecule has 0 saturated heterocycles. The second kappa shape index (κ2) is 8.28. The van der Waals surface area contributed by atoms with Gasteiger partial charge in [-0.3, -0.25) is 0 Å². The number of benzene rings is 1. The van der Waals surface area contributed by atoms with Gasteiger partial charge in [-0.25, -0.2) is 0 Å². The van der Waals surface area contributed by atoms with E-state index in [1.54, 1.807) is 0 Å². The molecule has 112 valence electrons. The summed E-state index contributed by atoms with van der Waals surface area (Å²) in [6.45, 7) is 5.29. The molecule has 1 aromatic rings. The highest BCUT2D eigenvalue weighted by molar-refractivity contribution is 5.37. The maximum atomic E-state index is 5.77. The Kier molecular flexibility index (Phi) is 6.34. The monoisotopic (exact) mass is 277 g/mol. The molecule has 0 bridgehead atoms. The van der Waals surface area contributed by atoms with Crippen LogP contribution in [0.2, 0.25) is 0 Å². The molecule has 0 amide bonds. The Balaban J connectivity index is 1.85. The molecule has 0 aromatic heterocycles. The molecule has 20 heavy (non-hydrogen) atoms. The molecule has 0 unspecified atom stereocenters. The first-order valence-electron chi connectivity index (χ1n) is 7.86. The Morgan fingerprint density at radius 2 is 2.05 bits per heavy atom. The minimum atomic E-state index is 0.657. The van der Waals surface area contributed by atoms with Gasteiger partial charge in [0, 0.05) is 6.61 Å². The van der Waals surface area contributed by atoms with Crippen molar-refractivity contribution in [2.24, 2.45) is 11.7 Å². The number of hydrogen-bond donors (Lipinski definition) is 1. The minimum Gasteiger partial charge on any atom is -0.493 e. The molecule has 0 spiro atoms. The number of rotatable bonds is 10. The second-order valence-corrected chi connectivity index (χ2v) is 5.60. The Bertz CT molecular complexity index is 402. The van der Waals surface area contributed by atoms with Gasteiger partial charge in [0.05, 0.1) is 13.2 Å². The van der Waals surface area contributed by atoms with E-state index in [2.05, 4.69) is 25.1 Å². The maximum absolute atomic E-state index is 5.77. The van der Waals surface area contributed by atoms with Crippen LogP contribution in [0, 0.1) is 5.92 Å². The minimum absolute atomic E-state index is 0.657. The second-order valence-electron chi connectivity index (χ2n) is 5.60. The van der Waals surface area contributed by atoms with E-state index in [1.807, 2.05) is 0 Å². The lowest BCUT2D eigenvalue weighted by Gasteiger charge is -2.12. The zero-order valence-electron chi connectivity index (χ0n) is 12.6. The summed E-state index contributed by atoms with van der Waals surface area (Å²) in [5.41, 5.74) is 8.23. The fraction of sp³-hybridized carbons (Fsp3) is 0.647. The first-order chi connectivity index (χ1) is 9.83. The van der Waals surface area contributed by atoms with Crippen molar-refractivity contribution in [1.29, 1.82) is 0 Å². The van der Waals surface area contributed by atoms with Crippen molar-refractivity contribution < 1.29 is 9.47 Å². The molecule has 1 aliphatic carbocycles. The van der Waals surface area contributed by atoms with E-state index in [9.17, 15) is 0 Å². The van der Waals surface area contributed by atoms with Gasteiger partial charge in [-0.15, -0.1) is 0 Å². The van der Waals surface area contributed by atoms with E-state index in [4.69, 9.17) is 15.2 Å². The van der Waals surface area contributed by atoms with Crippen LogP contribution in [0.4, 0.5) is 0 Å². The number of hydrogen-bond acceptors (Lipinski definition) is 3. The molecule has 1 saturated carbocycles. The molecule has 1 aromatic carbocycles. The van der Waals surface area contributed by atoms with Crippen LogP contribution < -0.4 is 10.5 Å². The highest BCUT2D eigenvalue weighted by Gasteiger charge is 2.20. The molecule has 3 heteroatoms. The van der Waals surface area contributed by atoms with Crippen LogP contribution in [0.5, 0.6) is 5.75 Å². The van der Waals surface area contributed by atoms with Gasteiger partial charge in [0.25, 0.3) is 0 Å². The third-order valence-electron chi connectivity index (χ3n) is 3.59. The number of ether oxygens (including phenoxy) is 2. The van der Waals surface area contributed by atoms with E-state index >= 15 is 0 Å². The molecular formula is C17H27NO2. The normalized spacial score (nSPS) is 14.5. The van der Waals surface area contributed by atoms with E-state index in [0.29, 0.717) is 6.54 Å². The van der Waals surface area contributed by atoms with Gasteiger partial charge in [-0.1, -0.05) is 19.1 Å². The standard InChI is InChI=1S/C17H27NO2/c1-2-10-20-17-6-5-14(12-16(17)7-9-18)8-11-19-13-15-3-4-15/h5-6,12,15H,2-4,7-11,13,18H2,1H3. The molecule has 0 aliphatic heterocycles. The van der Waals surface area contributed by atoms with Crippen LogP contribution in [0.25, 0.3) is 0 Å². The van der Waals surface area contributed by atoms with Crippen molar-refractivity contribution in [3.63, 3.8) is 0 Å². The molecule has 1 aliphatic rings. The lowest BCUT2D eigenvalue weighted by atomic mass is 10.0. The van der Waals surface area contributed by atoms with Gasteiger partial charge in [-0.05, 0) is 61.8 Å². The molecular weight excluding hydrogens is 250 g/mol. The topological polar surface area (TPSA) is 44.5 Å². The van der Waals surface area contributed by atoms with Gasteiger partial charge in [0.2, 0.25) is 0 Å². The fourth-order valence-corrected chi connectivity index (χ4v) is 2.22. The van der Waals surface area contributed by atoms with E-state index in [1.165, 1.54) is 24.0 Å². The zero-order valence-corrected chi connectivity index (χ0v) is 12.6. The molecule has 0 atom stereocenters. The van der Waals surface area contributed by atoms with Crippen LogP contribution in [0.3, 0.4) is 0 Å². The molecule has 0 heterocycles. The van der Waals surface area contributed by atoms with Gasteiger partial charge in [0.15, 0.2) is 0 Å². The van der Waals surface area contributed by atoms with Crippen LogP contribution >= 0.6 is 0 Å². The molecule has 3 nitrogen and oxygen atoms in total. The van der Waals surface area contributed by atoms with E-state index < -0.39 is 0 Å². The van der Waals surface area contributed by atoms with Crippen molar-refractivity contribution in [2.45, 2.75) is 39.0 Å². The Hall–Kier alpha value is -1.06. The number of nitrogens with two attached hydrogens (primary N) is 1. The van der Waals surface area contributed by atoms with Crippen LogP contribution in [0.1, 0.15) is 37.3 Å². The molecule has 0 radical (unpaired) electrons. The van der Waals surface area contributed by atoms with Gasteiger partial charge in [-0.2, -0.15) is 0 Å². The SMILES string of the molecule is CCCOc1ccc(CCOCC2CC2)cc1CCN. The van der Waals surface area contributed by atoms with Crippen molar-refractivity contribution >= 4 is 0 Å². The highest BCUT2D eigenvalue weighted by atomic mass is 16.5. The third kappa shape index (κ3) is 5.14. The quantitative estimate of drug-likeness (QED) is 0.669. The Morgan fingerprint density at radius 3 is 2.75 bits per heavy atom. The molecule has 2 N–H and O–H groups in total. The Labute approximate surface area is 122 Å². The molecule has 2 rings (SSSR count). The summed E-state index contributed by atoms with van der Waals surface area (Å²) in [5.74, 6) is 1.83. The van der Waals surface area contributed by atoms with Crippen molar-refractivity contribution in [1.82, 2.24) is 0 Å². The highest BCUT2D eigenvalue weighted by Crippen LogP contribution is 2.28. The zero-order chi connectivity index (χ0) is 14.2. The summed E-state index contributed by atoms with van der Waals surface area (Å²) in [7, 11) is 0.